The van der Waals surface area contributed by atoms with Crippen LogP contribution < -0.4 is 14.2 Å². The molecule has 0 fully saturated rings. The summed E-state index contributed by atoms with van der Waals surface area (Å²) in [5, 5.41) is 14.0. The summed E-state index contributed by atoms with van der Waals surface area (Å²) in [4.78, 5) is 4.02. The number of aromatic nitrogens is 9. The van der Waals surface area contributed by atoms with E-state index in [4.69, 9.17) is 0 Å². The Morgan fingerprint density at radius 1 is 0.583 bits per heavy atom. The number of para-hydroxylation sites is 4. The van der Waals surface area contributed by atoms with Crippen molar-refractivity contribution in [2.24, 2.45) is 14.1 Å². The third-order valence-electron chi connectivity index (χ3n) is 8.23. The van der Waals surface area contributed by atoms with E-state index < -0.39 is 58.3 Å². The van der Waals surface area contributed by atoms with Gasteiger partial charge in [-0.1, -0.05) is 88.2 Å². The Labute approximate surface area is 343 Å². The predicted octanol–water partition coefficient (Wildman–Crippen LogP) is 8.07. The first kappa shape index (κ1) is 44.9. The van der Waals surface area contributed by atoms with Gasteiger partial charge in [0.2, 0.25) is 12.7 Å². The standard InChI is InChI=1S/2C16H9F6N2.C6H4N5.Ir/c2*1-23-9-24(14-5-3-2-4-13(14)23)12-7-6-10(15(17,18)19)8-11(12)16(20,21)22;1-2-4-7-5(3-1)6-8-10-11-9-6;/h2*2-6,8H,1H3;1-4H;/q3*-1;. The first-order valence-corrected chi connectivity index (χ1v) is 16.4. The maximum absolute atomic E-state index is 13.3. The Morgan fingerprint density at radius 2 is 1.02 bits per heavy atom. The molecule has 4 heterocycles. The fourth-order valence-corrected chi connectivity index (χ4v) is 5.58. The number of aryl methyl sites for hydroxylation is 2. The molecular formula is C38H22F12IrN9-3. The molecule has 0 bridgehead atoms. The number of hydrogen-bond donors (Lipinski definition) is 0. The van der Waals surface area contributed by atoms with Gasteiger partial charge in [0.25, 0.3) is 0 Å². The number of hydrogen-bond acceptors (Lipinski definition) is 4. The topological polar surface area (TPSA) is 83.3 Å². The van der Waals surface area contributed by atoms with E-state index in [1.807, 2.05) is 12.1 Å². The third-order valence-corrected chi connectivity index (χ3v) is 8.23. The van der Waals surface area contributed by atoms with E-state index in [9.17, 15) is 52.7 Å². The van der Waals surface area contributed by atoms with Crippen LogP contribution in [0.4, 0.5) is 52.7 Å². The minimum atomic E-state index is -4.97. The van der Waals surface area contributed by atoms with Crippen LogP contribution >= 0.6 is 0 Å². The molecule has 1 radical (unpaired) electrons. The van der Waals surface area contributed by atoms with Gasteiger partial charge in [-0.2, -0.15) is 94.3 Å². The first-order valence-electron chi connectivity index (χ1n) is 16.4. The van der Waals surface area contributed by atoms with E-state index in [-0.39, 0.29) is 32.2 Å². The zero-order chi connectivity index (χ0) is 42.9. The molecule has 4 aromatic heterocycles. The quantitative estimate of drug-likeness (QED) is 0.102. The molecular weight excluding hydrogens is 1000 g/mol. The van der Waals surface area contributed by atoms with Crippen LogP contribution in [0.2, 0.25) is 0 Å². The number of pyridine rings is 1. The molecule has 0 aliphatic rings. The van der Waals surface area contributed by atoms with E-state index in [1.165, 1.54) is 9.13 Å². The minimum Gasteiger partial charge on any atom is -0.341 e. The van der Waals surface area contributed by atoms with Gasteiger partial charge in [-0.3, -0.25) is 15.3 Å². The van der Waals surface area contributed by atoms with Crippen molar-refractivity contribution in [3.05, 3.63) is 144 Å². The molecule has 22 heteroatoms. The monoisotopic (exact) mass is 1030 g/mol. The summed E-state index contributed by atoms with van der Waals surface area (Å²) in [6.45, 7) is 0. The molecule has 8 rings (SSSR count). The number of rotatable bonds is 3. The van der Waals surface area contributed by atoms with Crippen LogP contribution in [-0.4, -0.2) is 29.6 Å². The number of fused-ring (bicyclic) bond motifs is 2. The van der Waals surface area contributed by atoms with Gasteiger partial charge >= 0.3 is 24.7 Å². The maximum Gasteiger partial charge on any atom is 0.370 e. The van der Waals surface area contributed by atoms with Crippen LogP contribution in [0.25, 0.3) is 45.0 Å². The summed E-state index contributed by atoms with van der Waals surface area (Å²) in [6, 6.07) is 24.0. The van der Waals surface area contributed by atoms with Gasteiger partial charge in [0.1, 0.15) is 0 Å². The van der Waals surface area contributed by atoms with E-state index in [0.717, 1.165) is 9.13 Å². The Morgan fingerprint density at radius 3 is 1.38 bits per heavy atom. The van der Waals surface area contributed by atoms with Gasteiger partial charge in [-0.15, -0.1) is 0 Å². The number of alkyl halides is 12. The van der Waals surface area contributed by atoms with Gasteiger partial charge < -0.3 is 23.4 Å². The molecule has 315 valence electrons. The third kappa shape index (κ3) is 9.82. The maximum atomic E-state index is 13.3. The molecule has 0 spiro atoms. The molecule has 0 atom stereocenters. The summed E-state index contributed by atoms with van der Waals surface area (Å²) in [5.41, 5.74) is -4.11. The fourth-order valence-electron chi connectivity index (χ4n) is 5.58. The summed E-state index contributed by atoms with van der Waals surface area (Å²) >= 11 is 0. The van der Waals surface area contributed by atoms with Crippen molar-refractivity contribution in [2.45, 2.75) is 24.7 Å². The SMILES string of the molecule is C[n+]1[c-]n(-c2[c-]cc(C(F)(F)F)cc2C(F)(F)F)c2ccccc21.C[n+]1[c-]n(-c2[c-]cc(C(F)(F)F)cc2C(F)(F)F)c2ccccc21.[Ir].c1ccc(-c2nnn[n-]2)nc1. The van der Waals surface area contributed by atoms with E-state index in [2.05, 4.69) is 50.4 Å². The second-order valence-electron chi connectivity index (χ2n) is 12.2. The fraction of sp³-hybridized carbons (Fsp3) is 0.158. The number of benzene rings is 4. The second kappa shape index (κ2) is 17.2. The van der Waals surface area contributed by atoms with Gasteiger partial charge in [0, 0.05) is 26.3 Å². The minimum absolute atomic E-state index is 0. The van der Waals surface area contributed by atoms with Crippen LogP contribution in [0.15, 0.2) is 97.2 Å². The van der Waals surface area contributed by atoms with Crippen molar-refractivity contribution < 1.29 is 81.9 Å². The van der Waals surface area contributed by atoms with Crippen LogP contribution in [0.3, 0.4) is 0 Å². The molecule has 4 aromatic carbocycles. The molecule has 0 aliphatic heterocycles. The number of nitrogens with zero attached hydrogens (tertiary/aromatic N) is 9. The van der Waals surface area contributed by atoms with Gasteiger partial charge in [0.05, 0.1) is 47.7 Å². The Bertz CT molecular complexity index is 2550. The van der Waals surface area contributed by atoms with Gasteiger partial charge in [-0.25, -0.2) is 0 Å². The van der Waals surface area contributed by atoms with Gasteiger partial charge in [-0.05, 0) is 12.1 Å². The van der Waals surface area contributed by atoms with Crippen molar-refractivity contribution in [1.29, 1.82) is 0 Å². The Balaban J connectivity index is 0.000000180. The number of tetrazole rings is 1. The molecule has 9 nitrogen and oxygen atoms in total. The summed E-state index contributed by atoms with van der Waals surface area (Å²) in [7, 11) is 3.16. The molecule has 8 aromatic rings. The largest absolute Gasteiger partial charge is 0.370 e. The van der Waals surface area contributed by atoms with Crippen LogP contribution in [0.5, 0.6) is 0 Å². The van der Waals surface area contributed by atoms with E-state index in [1.54, 1.807) is 74.9 Å². The summed E-state index contributed by atoms with van der Waals surface area (Å²) in [5.74, 6) is 0.464. The van der Waals surface area contributed by atoms with Crippen LogP contribution in [-0.2, 0) is 58.9 Å². The summed E-state index contributed by atoms with van der Waals surface area (Å²) in [6.07, 6.45) is -12.7. The smallest absolute Gasteiger partial charge is 0.341 e. The predicted molar refractivity (Wildman–Crippen MR) is 181 cm³/mol. The Kier molecular flexibility index (Phi) is 12.9. The second-order valence-corrected chi connectivity index (χ2v) is 12.2. The van der Waals surface area contributed by atoms with Crippen molar-refractivity contribution in [3.63, 3.8) is 0 Å². The zero-order valence-corrected chi connectivity index (χ0v) is 32.5. The van der Waals surface area contributed by atoms with Crippen molar-refractivity contribution >= 4 is 22.1 Å². The van der Waals surface area contributed by atoms with Crippen LogP contribution in [0.1, 0.15) is 22.3 Å². The average molecular weight is 1020 g/mol. The molecule has 0 N–H and O–H groups in total. The van der Waals surface area contributed by atoms with Crippen molar-refractivity contribution in [2.75, 3.05) is 0 Å². The average Bonchev–Trinajstić information content (AvgIpc) is 3.93. The molecule has 0 saturated carbocycles. The molecule has 0 unspecified atom stereocenters. The molecule has 0 aliphatic carbocycles. The van der Waals surface area contributed by atoms with Crippen LogP contribution in [0, 0.1) is 24.8 Å². The van der Waals surface area contributed by atoms with Crippen molar-refractivity contribution in [3.8, 4) is 22.9 Å². The zero-order valence-electron chi connectivity index (χ0n) is 30.1. The van der Waals surface area contributed by atoms with E-state index >= 15 is 0 Å². The van der Waals surface area contributed by atoms with Gasteiger partial charge in [0.15, 0.2) is 0 Å². The van der Waals surface area contributed by atoms with Crippen molar-refractivity contribution in [1.82, 2.24) is 34.7 Å². The Hall–Kier alpha value is -6.15. The summed E-state index contributed by atoms with van der Waals surface area (Å²) < 4.78 is 161. The number of halogens is 12. The first-order chi connectivity index (χ1) is 27.6. The molecule has 0 saturated heterocycles. The molecule has 60 heavy (non-hydrogen) atoms. The normalized spacial score (nSPS) is 12.0. The molecule has 0 amide bonds. The number of imidazole rings is 2. The van der Waals surface area contributed by atoms with E-state index in [0.29, 0.717) is 45.7 Å².